The Morgan fingerprint density at radius 2 is 2.14 bits per heavy atom. The third-order valence-electron chi connectivity index (χ3n) is 0.704. The summed E-state index contributed by atoms with van der Waals surface area (Å²) in [5.74, 6) is 0. The molecule has 0 aliphatic heterocycles. The van der Waals surface area contributed by atoms with Gasteiger partial charge in [-0.2, -0.15) is 0 Å². The van der Waals surface area contributed by atoms with Gasteiger partial charge >= 0.3 is 0 Å². The molecular formula is C4H12N2Si. The molecule has 0 aromatic carbocycles. The molecule has 0 aromatic heterocycles. The largest absolute Gasteiger partial charge is 0.342 e. The minimum atomic E-state index is -1.26. The van der Waals surface area contributed by atoms with Crippen molar-refractivity contribution < 1.29 is 0 Å². The molecule has 4 N–H and O–H groups in total. The van der Waals surface area contributed by atoms with Gasteiger partial charge in [-0.15, -0.1) is 6.58 Å². The Balaban J connectivity index is 2.81. The molecule has 0 unspecified atom stereocenters. The van der Waals surface area contributed by atoms with Crippen molar-refractivity contribution in [2.24, 2.45) is 10.8 Å². The van der Waals surface area contributed by atoms with Gasteiger partial charge in [-0.05, 0) is 12.5 Å². The maximum absolute atomic E-state index is 5.35. The first-order chi connectivity index (χ1) is 3.27. The van der Waals surface area contributed by atoms with Crippen LogP contribution in [0.3, 0.4) is 0 Å². The minimum absolute atomic E-state index is 0.976. The van der Waals surface area contributed by atoms with Gasteiger partial charge in [-0.1, -0.05) is 6.08 Å². The van der Waals surface area contributed by atoms with E-state index in [1.54, 1.807) is 0 Å². The summed E-state index contributed by atoms with van der Waals surface area (Å²) in [5.41, 5.74) is 0. The van der Waals surface area contributed by atoms with Crippen molar-refractivity contribution in [2.45, 2.75) is 12.5 Å². The summed E-state index contributed by atoms with van der Waals surface area (Å²) in [6, 6.07) is 0.976. The molecule has 0 spiro atoms. The van der Waals surface area contributed by atoms with Gasteiger partial charge in [0.15, 0.2) is 9.12 Å². The molecule has 0 radical (unpaired) electrons. The highest BCUT2D eigenvalue weighted by Gasteiger charge is 1.91. The third kappa shape index (κ3) is 5.88. The Kier molecular flexibility index (Phi) is 3.98. The zero-order valence-corrected chi connectivity index (χ0v) is 5.59. The predicted molar refractivity (Wildman–Crippen MR) is 35.1 cm³/mol. The molecule has 0 aromatic rings. The van der Waals surface area contributed by atoms with Gasteiger partial charge in [-0.3, -0.25) is 0 Å². The zero-order chi connectivity index (χ0) is 5.70. The van der Waals surface area contributed by atoms with E-state index in [4.69, 9.17) is 10.8 Å². The molecule has 0 atom stereocenters. The molecule has 3 heteroatoms. The first kappa shape index (κ1) is 6.88. The Hall–Kier alpha value is -0.123. The number of allylic oxidation sites excluding steroid dienone is 1. The van der Waals surface area contributed by atoms with Crippen LogP contribution < -0.4 is 10.8 Å². The van der Waals surface area contributed by atoms with Crippen LogP contribution in [0.2, 0.25) is 6.04 Å². The number of rotatable bonds is 3. The normalized spacial score (nSPS) is 9.57. The SMILES string of the molecule is C=CCC[SiH](N)N. The van der Waals surface area contributed by atoms with Crippen LogP contribution in [0, 0.1) is 0 Å². The maximum atomic E-state index is 5.35. The van der Waals surface area contributed by atoms with Crippen LogP contribution in [0.5, 0.6) is 0 Å². The fraction of sp³-hybridized carbons (Fsp3) is 0.500. The van der Waals surface area contributed by atoms with Gasteiger partial charge in [0.05, 0.1) is 0 Å². The predicted octanol–water partition coefficient (Wildman–Crippen LogP) is -0.300. The van der Waals surface area contributed by atoms with E-state index in [1.807, 2.05) is 6.08 Å². The highest BCUT2D eigenvalue weighted by molar-refractivity contribution is 6.51. The monoisotopic (exact) mass is 116 g/mol. The van der Waals surface area contributed by atoms with E-state index in [2.05, 4.69) is 6.58 Å². The first-order valence-electron chi connectivity index (χ1n) is 2.39. The molecule has 0 aliphatic carbocycles. The summed E-state index contributed by atoms with van der Waals surface area (Å²) < 4.78 is 0. The van der Waals surface area contributed by atoms with Crippen molar-refractivity contribution in [2.75, 3.05) is 0 Å². The lowest BCUT2D eigenvalue weighted by atomic mass is 10.5. The van der Waals surface area contributed by atoms with Gasteiger partial charge in [0.1, 0.15) is 0 Å². The molecule has 0 bridgehead atoms. The zero-order valence-electron chi connectivity index (χ0n) is 4.43. The van der Waals surface area contributed by atoms with Gasteiger partial charge in [-0.25, -0.2) is 0 Å². The summed E-state index contributed by atoms with van der Waals surface area (Å²) in [5, 5.41) is 10.7. The lowest BCUT2D eigenvalue weighted by Crippen LogP contribution is -2.35. The van der Waals surface area contributed by atoms with Crippen LogP contribution in [0.4, 0.5) is 0 Å². The van der Waals surface area contributed by atoms with Crippen LogP contribution >= 0.6 is 0 Å². The van der Waals surface area contributed by atoms with Crippen LogP contribution in [0.25, 0.3) is 0 Å². The summed E-state index contributed by atoms with van der Waals surface area (Å²) in [6.45, 7) is 3.54. The van der Waals surface area contributed by atoms with Crippen LogP contribution in [-0.2, 0) is 0 Å². The molecule has 0 saturated heterocycles. The fourth-order valence-electron chi connectivity index (χ4n) is 0.310. The molecule has 2 nitrogen and oxygen atoms in total. The topological polar surface area (TPSA) is 52.0 Å². The van der Waals surface area contributed by atoms with Crippen molar-refractivity contribution in [1.82, 2.24) is 0 Å². The van der Waals surface area contributed by atoms with Crippen molar-refractivity contribution in [3.05, 3.63) is 12.7 Å². The van der Waals surface area contributed by atoms with Crippen molar-refractivity contribution in [1.29, 1.82) is 0 Å². The average molecular weight is 116 g/mol. The van der Waals surface area contributed by atoms with Gasteiger partial charge in [0.2, 0.25) is 0 Å². The number of hydrogen-bond acceptors (Lipinski definition) is 2. The summed E-state index contributed by atoms with van der Waals surface area (Å²) in [6.07, 6.45) is 2.82. The second-order valence-electron chi connectivity index (χ2n) is 1.53. The Morgan fingerprint density at radius 1 is 1.57 bits per heavy atom. The molecule has 0 heterocycles. The third-order valence-corrected chi connectivity index (χ3v) is 1.70. The Labute approximate surface area is 46.0 Å². The van der Waals surface area contributed by atoms with Crippen LogP contribution in [-0.4, -0.2) is 9.12 Å². The second kappa shape index (κ2) is 4.05. The van der Waals surface area contributed by atoms with Gasteiger partial charge in [0, 0.05) is 0 Å². The molecular weight excluding hydrogens is 104 g/mol. The smallest absolute Gasteiger partial charge is 0.179 e. The molecule has 0 saturated carbocycles. The second-order valence-corrected chi connectivity index (χ2v) is 3.43. The maximum Gasteiger partial charge on any atom is 0.179 e. The summed E-state index contributed by atoms with van der Waals surface area (Å²) in [7, 11) is -1.26. The van der Waals surface area contributed by atoms with Crippen LogP contribution in [0.15, 0.2) is 12.7 Å². The van der Waals surface area contributed by atoms with E-state index in [1.165, 1.54) is 0 Å². The van der Waals surface area contributed by atoms with Gasteiger partial charge in [0.25, 0.3) is 0 Å². The highest BCUT2D eigenvalue weighted by atomic mass is 28.3. The quantitative estimate of drug-likeness (QED) is 0.393. The Morgan fingerprint density at radius 3 is 2.29 bits per heavy atom. The minimum Gasteiger partial charge on any atom is -0.342 e. The summed E-state index contributed by atoms with van der Waals surface area (Å²) >= 11 is 0. The molecule has 0 amide bonds. The van der Waals surface area contributed by atoms with Gasteiger partial charge < -0.3 is 10.8 Å². The van der Waals surface area contributed by atoms with Crippen molar-refractivity contribution >= 4 is 9.12 Å². The van der Waals surface area contributed by atoms with E-state index in [0.29, 0.717) is 0 Å². The van der Waals surface area contributed by atoms with E-state index < -0.39 is 9.12 Å². The number of hydrogen-bond donors (Lipinski definition) is 2. The van der Waals surface area contributed by atoms with E-state index >= 15 is 0 Å². The molecule has 0 rings (SSSR count). The van der Waals surface area contributed by atoms with Crippen molar-refractivity contribution in [3.8, 4) is 0 Å². The summed E-state index contributed by atoms with van der Waals surface area (Å²) in [4.78, 5) is 0. The van der Waals surface area contributed by atoms with E-state index in [0.717, 1.165) is 12.5 Å². The highest BCUT2D eigenvalue weighted by Crippen LogP contribution is 1.86. The molecule has 42 valence electrons. The molecule has 7 heavy (non-hydrogen) atoms. The lowest BCUT2D eigenvalue weighted by molar-refractivity contribution is 1.17. The lowest BCUT2D eigenvalue weighted by Gasteiger charge is -1.95. The fourth-order valence-corrected chi connectivity index (χ4v) is 0.931. The average Bonchev–Trinajstić information content (AvgIpc) is 1.61. The molecule has 0 fully saturated rings. The standard InChI is InChI=1S/C4H12N2Si/c1-2-3-4-7(5)6/h2,7H,1,3-6H2. The molecule has 0 aliphatic rings. The number of nitrogens with two attached hydrogens (primary N) is 2. The van der Waals surface area contributed by atoms with E-state index in [9.17, 15) is 0 Å². The Bertz CT molecular complexity index is 53.7. The van der Waals surface area contributed by atoms with Crippen molar-refractivity contribution in [3.63, 3.8) is 0 Å². The first-order valence-corrected chi connectivity index (χ1v) is 4.54. The van der Waals surface area contributed by atoms with Crippen LogP contribution in [0.1, 0.15) is 6.42 Å². The van der Waals surface area contributed by atoms with E-state index in [-0.39, 0.29) is 0 Å².